The smallest absolute Gasteiger partial charge is 0.348 e. The van der Waals surface area contributed by atoms with E-state index in [1.165, 1.54) is 21.8 Å². The van der Waals surface area contributed by atoms with Crippen LogP contribution in [0.25, 0.3) is 10.4 Å². The summed E-state index contributed by atoms with van der Waals surface area (Å²) in [5.41, 5.74) is 2.91. The van der Waals surface area contributed by atoms with E-state index >= 15 is 0 Å². The first-order valence-corrected chi connectivity index (χ1v) is 14.4. The molecule has 38 heavy (non-hydrogen) atoms. The van der Waals surface area contributed by atoms with Crippen LogP contribution in [-0.2, 0) is 11.3 Å². The maximum atomic E-state index is 14.1. The summed E-state index contributed by atoms with van der Waals surface area (Å²) >= 11 is 1.28. The van der Waals surface area contributed by atoms with E-state index in [4.69, 9.17) is 0 Å². The van der Waals surface area contributed by atoms with E-state index in [1.54, 1.807) is 0 Å². The molecule has 1 saturated heterocycles. The number of nitrogens with one attached hydrogen (secondary N) is 1. The molecule has 1 aliphatic carbocycles. The molecule has 1 aromatic heterocycles. The maximum Gasteiger partial charge on any atom is 0.348 e. The van der Waals surface area contributed by atoms with Crippen LogP contribution >= 0.6 is 11.3 Å². The van der Waals surface area contributed by atoms with Crippen molar-refractivity contribution in [3.63, 3.8) is 0 Å². The Balaban J connectivity index is 0.00000336. The molecule has 5 rings (SSSR count). The number of piperidine rings is 1. The lowest BCUT2D eigenvalue weighted by atomic mass is 9.82. The molecule has 2 aliphatic rings. The normalized spacial score (nSPS) is 23.3. The Hall–Kier alpha value is -2.67. The topological polar surface area (TPSA) is 62.0 Å². The molecule has 7 heteroatoms. The number of anilines is 1. The van der Waals surface area contributed by atoms with Crippen LogP contribution in [-0.4, -0.2) is 36.1 Å². The summed E-state index contributed by atoms with van der Waals surface area (Å²) in [6.45, 7) is 5.20. The summed E-state index contributed by atoms with van der Waals surface area (Å²) in [6, 6.07) is 22.4. The number of hydrogen-bond acceptors (Lipinski definition) is 3. The first-order chi connectivity index (χ1) is 18.0. The van der Waals surface area contributed by atoms with E-state index in [1.807, 2.05) is 47.4 Å². The second-order valence-corrected chi connectivity index (χ2v) is 11.9. The largest absolute Gasteiger partial charge is 1.00 e. The van der Waals surface area contributed by atoms with Crippen molar-refractivity contribution >= 4 is 28.9 Å². The van der Waals surface area contributed by atoms with Crippen molar-refractivity contribution in [3.05, 3.63) is 77.2 Å². The highest BCUT2D eigenvalue weighted by Gasteiger charge is 2.38. The number of carboxylic acids is 1. The summed E-state index contributed by atoms with van der Waals surface area (Å²) in [7, 11) is 0. The van der Waals surface area contributed by atoms with Crippen molar-refractivity contribution in [2.75, 3.05) is 18.0 Å². The second-order valence-electron chi connectivity index (χ2n) is 10.8. The number of nitrogens with zero attached hydrogens (tertiary/aromatic N) is 1. The van der Waals surface area contributed by atoms with Gasteiger partial charge in [0.05, 0.1) is 18.8 Å². The lowest BCUT2D eigenvalue weighted by Gasteiger charge is -2.39. The number of halogens is 1. The van der Waals surface area contributed by atoms with Gasteiger partial charge in [-0.2, -0.15) is 0 Å². The van der Waals surface area contributed by atoms with Gasteiger partial charge in [-0.15, -0.1) is 11.3 Å². The fourth-order valence-electron chi connectivity index (χ4n) is 5.99. The van der Waals surface area contributed by atoms with Crippen LogP contribution in [0.4, 0.5) is 5.69 Å². The van der Waals surface area contributed by atoms with Gasteiger partial charge in [-0.05, 0) is 43.2 Å². The summed E-state index contributed by atoms with van der Waals surface area (Å²) in [5, 5.41) is 10.2. The van der Waals surface area contributed by atoms with Crippen molar-refractivity contribution < 1.29 is 32.0 Å². The monoisotopic (exact) mass is 552 g/mol. The predicted octanol–water partition coefficient (Wildman–Crippen LogP) is 2.52. The summed E-state index contributed by atoms with van der Waals surface area (Å²) in [5.74, 6) is -0.192. The third-order valence-electron chi connectivity index (χ3n) is 8.15. The molecule has 2 N–H and O–H groups in total. The minimum Gasteiger partial charge on any atom is -1.00 e. The van der Waals surface area contributed by atoms with Crippen molar-refractivity contribution in [1.29, 1.82) is 0 Å². The fraction of sp³-hybridized carbons (Fsp3) is 0.419. The molecule has 5 nitrogen and oxygen atoms in total. The van der Waals surface area contributed by atoms with Crippen LogP contribution in [0, 0.1) is 11.8 Å². The fourth-order valence-corrected chi connectivity index (χ4v) is 6.98. The molecule has 2 fully saturated rings. The van der Waals surface area contributed by atoms with E-state index in [9.17, 15) is 14.7 Å². The molecule has 0 bridgehead atoms. The molecule has 0 atom stereocenters. The molecule has 1 amide bonds. The standard InChI is InChI=1S/C31H36N2O3S.ClH/c1-22-12-14-25(15-13-22)30(34)33(26-16-18-32(19-17-26)21-23-8-4-2-5-9-23)27-20-28(37-29(27)31(35)36)24-10-6-3-7-11-24;/h2-11,20,22,25-26H,12-19,21H2,1H3,(H,35,36);1H. The Morgan fingerprint density at radius 2 is 1.53 bits per heavy atom. The zero-order valence-electron chi connectivity index (χ0n) is 21.9. The highest BCUT2D eigenvalue weighted by Crippen LogP contribution is 2.40. The number of carbonyl (C=O) groups is 2. The number of carbonyl (C=O) groups excluding carboxylic acids is 1. The highest BCUT2D eigenvalue weighted by atomic mass is 35.5. The zero-order valence-corrected chi connectivity index (χ0v) is 23.5. The molecule has 1 saturated carbocycles. The number of amides is 1. The van der Waals surface area contributed by atoms with E-state index in [0.717, 1.165) is 68.6 Å². The highest BCUT2D eigenvalue weighted by molar-refractivity contribution is 7.18. The Labute approximate surface area is 235 Å². The average Bonchev–Trinajstić information content (AvgIpc) is 3.37. The first kappa shape index (κ1) is 28.3. The lowest BCUT2D eigenvalue weighted by molar-refractivity contribution is -0.918. The third-order valence-corrected chi connectivity index (χ3v) is 9.31. The van der Waals surface area contributed by atoms with Gasteiger partial charge in [0.25, 0.3) is 0 Å². The van der Waals surface area contributed by atoms with E-state index in [0.29, 0.717) is 11.6 Å². The molecule has 3 aromatic rings. The molecular formula is C31H37ClN2O3S. The van der Waals surface area contributed by atoms with Crippen LogP contribution in [0.1, 0.15) is 60.7 Å². The number of quaternary nitrogens is 1. The van der Waals surface area contributed by atoms with E-state index in [2.05, 4.69) is 31.2 Å². The van der Waals surface area contributed by atoms with Gasteiger partial charge in [0, 0.05) is 35.2 Å². The predicted molar refractivity (Wildman–Crippen MR) is 149 cm³/mol. The number of carboxylic acid groups (broad SMARTS) is 1. The molecule has 0 unspecified atom stereocenters. The second kappa shape index (κ2) is 12.9. The van der Waals surface area contributed by atoms with Gasteiger partial charge < -0.3 is 27.3 Å². The van der Waals surface area contributed by atoms with Gasteiger partial charge in [-0.3, -0.25) is 4.79 Å². The SMILES string of the molecule is CC1CCC(C(=O)N(c2cc(-c3ccccc3)sc2C(=O)O)C2CC[NH+](Cc3ccccc3)CC2)CC1.[Cl-]. The number of rotatable bonds is 7. The van der Waals surface area contributed by atoms with Gasteiger partial charge in [0.2, 0.25) is 5.91 Å². The summed E-state index contributed by atoms with van der Waals surface area (Å²) in [4.78, 5) is 31.2. The van der Waals surface area contributed by atoms with Crippen LogP contribution in [0.2, 0.25) is 0 Å². The number of aromatic carboxylic acids is 1. The lowest BCUT2D eigenvalue weighted by Crippen LogP contribution is -3.12. The van der Waals surface area contributed by atoms with E-state index < -0.39 is 5.97 Å². The molecular weight excluding hydrogens is 516 g/mol. The number of thiophene rings is 1. The zero-order chi connectivity index (χ0) is 25.8. The Kier molecular flexibility index (Phi) is 9.64. The van der Waals surface area contributed by atoms with Crippen molar-refractivity contribution in [2.24, 2.45) is 11.8 Å². The molecule has 2 aromatic carbocycles. The average molecular weight is 553 g/mol. The first-order valence-electron chi connectivity index (χ1n) is 13.6. The van der Waals surface area contributed by atoms with Gasteiger partial charge in [-0.1, -0.05) is 67.6 Å². The van der Waals surface area contributed by atoms with Gasteiger partial charge in [0.15, 0.2) is 0 Å². The van der Waals surface area contributed by atoms with E-state index in [-0.39, 0.29) is 35.2 Å². The Bertz CT molecular complexity index is 1200. The van der Waals surface area contributed by atoms with Gasteiger partial charge in [0.1, 0.15) is 11.4 Å². The van der Waals surface area contributed by atoms with Crippen LogP contribution in [0.15, 0.2) is 66.7 Å². The van der Waals surface area contributed by atoms with Crippen LogP contribution in [0.5, 0.6) is 0 Å². The van der Waals surface area contributed by atoms with Gasteiger partial charge >= 0.3 is 5.97 Å². The summed E-state index contributed by atoms with van der Waals surface area (Å²) < 4.78 is 0. The summed E-state index contributed by atoms with van der Waals surface area (Å²) in [6.07, 6.45) is 5.68. The van der Waals surface area contributed by atoms with Crippen molar-refractivity contribution in [1.82, 2.24) is 0 Å². The molecule has 0 radical (unpaired) electrons. The maximum absolute atomic E-state index is 14.1. The quantitative estimate of drug-likeness (QED) is 0.473. The number of hydrogen-bond donors (Lipinski definition) is 2. The van der Waals surface area contributed by atoms with Crippen LogP contribution in [0.3, 0.4) is 0 Å². The number of benzene rings is 2. The van der Waals surface area contributed by atoms with Crippen LogP contribution < -0.4 is 22.2 Å². The molecule has 1 aliphatic heterocycles. The third kappa shape index (κ3) is 6.48. The molecule has 0 spiro atoms. The molecule has 202 valence electrons. The number of likely N-dealkylation sites (tertiary alicyclic amines) is 1. The van der Waals surface area contributed by atoms with Crippen molar-refractivity contribution in [2.45, 2.75) is 58.0 Å². The Morgan fingerprint density at radius 1 is 0.921 bits per heavy atom. The molecule has 2 heterocycles. The minimum absolute atomic E-state index is 0. The van der Waals surface area contributed by atoms with Gasteiger partial charge in [-0.25, -0.2) is 4.79 Å². The van der Waals surface area contributed by atoms with Crippen molar-refractivity contribution in [3.8, 4) is 10.4 Å². The minimum atomic E-state index is -0.954. The Morgan fingerprint density at radius 3 is 2.13 bits per heavy atom.